The van der Waals surface area contributed by atoms with Crippen molar-refractivity contribution in [2.75, 3.05) is 13.1 Å². The van der Waals surface area contributed by atoms with Gasteiger partial charge in [-0.25, -0.2) is 14.8 Å². The number of piperidine rings is 1. The van der Waals surface area contributed by atoms with Crippen LogP contribution in [0, 0.1) is 17.2 Å². The average Bonchev–Trinajstić information content (AvgIpc) is 2.59. The Morgan fingerprint density at radius 3 is 2.89 bits per heavy atom. The first-order chi connectivity index (χ1) is 12.7. The van der Waals surface area contributed by atoms with Crippen LogP contribution in [0.25, 0.3) is 10.9 Å². The predicted molar refractivity (Wildman–Crippen MR) is 102 cm³/mol. The number of hydrogen-bond donors (Lipinski definition) is 2. The summed E-state index contributed by atoms with van der Waals surface area (Å²) < 4.78 is 5.52. The summed E-state index contributed by atoms with van der Waals surface area (Å²) in [6.45, 7) is 9.10. The maximum absolute atomic E-state index is 12.6. The lowest BCUT2D eigenvalue weighted by atomic mass is 9.77. The van der Waals surface area contributed by atoms with Crippen LogP contribution in [0.15, 0.2) is 24.7 Å². The van der Waals surface area contributed by atoms with E-state index >= 15 is 0 Å². The van der Waals surface area contributed by atoms with Crippen molar-refractivity contribution in [3.63, 3.8) is 0 Å². The number of hydrogen-bond acceptors (Lipinski definition) is 6. The summed E-state index contributed by atoms with van der Waals surface area (Å²) >= 11 is 0. The van der Waals surface area contributed by atoms with Crippen molar-refractivity contribution in [1.82, 2.24) is 20.6 Å². The van der Waals surface area contributed by atoms with Gasteiger partial charge in [0.15, 0.2) is 0 Å². The summed E-state index contributed by atoms with van der Waals surface area (Å²) in [7, 11) is 0. The predicted octanol–water partition coefficient (Wildman–Crippen LogP) is 2.85. The highest BCUT2D eigenvalue weighted by Gasteiger charge is 2.40. The third-order valence-corrected chi connectivity index (χ3v) is 4.67. The third-order valence-electron chi connectivity index (χ3n) is 4.67. The third kappa shape index (κ3) is 4.01. The number of rotatable bonds is 2. The number of fused-ring (bicyclic) bond motifs is 1. The summed E-state index contributed by atoms with van der Waals surface area (Å²) in [6.07, 6.45) is 3.42. The van der Waals surface area contributed by atoms with Crippen LogP contribution in [0.2, 0.25) is 0 Å². The molecule has 0 unspecified atom stereocenters. The normalized spacial score (nSPS) is 22.9. The Kier molecular flexibility index (Phi) is 5.03. The first-order valence-electron chi connectivity index (χ1n) is 9.09. The number of carbonyl (C=O) groups excluding carboxylic acids is 1. The monoisotopic (exact) mass is 367 g/mol. The van der Waals surface area contributed by atoms with E-state index in [1.165, 1.54) is 6.33 Å². The zero-order valence-corrected chi connectivity index (χ0v) is 16.2. The number of ether oxygens (including phenoxy) is 1. The zero-order valence-electron chi connectivity index (χ0n) is 16.2. The fourth-order valence-electron chi connectivity index (χ4n) is 3.72. The van der Waals surface area contributed by atoms with Crippen LogP contribution in [0.4, 0.5) is 4.79 Å². The van der Waals surface area contributed by atoms with Gasteiger partial charge in [0.1, 0.15) is 18.0 Å². The van der Waals surface area contributed by atoms with Crippen molar-refractivity contribution in [3.05, 3.63) is 35.8 Å². The summed E-state index contributed by atoms with van der Waals surface area (Å²) in [5, 5.41) is 16.7. The molecule has 0 bridgehead atoms. The molecule has 7 heteroatoms. The molecule has 0 radical (unpaired) electrons. The minimum atomic E-state index is -0.670. The molecule has 142 valence electrons. The van der Waals surface area contributed by atoms with Crippen molar-refractivity contribution < 1.29 is 9.53 Å². The van der Waals surface area contributed by atoms with E-state index in [1.807, 2.05) is 26.8 Å². The summed E-state index contributed by atoms with van der Waals surface area (Å²) in [5.74, 6) is 0.351. The Labute approximate surface area is 159 Å². The van der Waals surface area contributed by atoms with Crippen molar-refractivity contribution >= 4 is 17.0 Å². The van der Waals surface area contributed by atoms with Crippen LogP contribution in [0.1, 0.15) is 45.2 Å². The number of nitrogens with one attached hydrogen (secondary N) is 2. The molecule has 1 amide bonds. The molecule has 2 atom stereocenters. The Balaban J connectivity index is 2.11. The van der Waals surface area contributed by atoms with Gasteiger partial charge in [0.2, 0.25) is 0 Å². The largest absolute Gasteiger partial charge is 0.444 e. The molecule has 2 heterocycles. The second kappa shape index (κ2) is 7.12. The molecular formula is C20H25N5O2. The Bertz CT molecular complexity index is 899. The molecule has 0 aliphatic carbocycles. The second-order valence-electron chi connectivity index (χ2n) is 8.21. The minimum Gasteiger partial charge on any atom is -0.444 e. The molecule has 7 nitrogen and oxygen atoms in total. The molecule has 1 aliphatic heterocycles. The average molecular weight is 367 g/mol. The van der Waals surface area contributed by atoms with E-state index in [1.54, 1.807) is 12.3 Å². The van der Waals surface area contributed by atoms with Gasteiger partial charge in [0.05, 0.1) is 16.6 Å². The molecule has 0 saturated carbocycles. The van der Waals surface area contributed by atoms with Crippen LogP contribution in [-0.4, -0.2) is 34.8 Å². The van der Waals surface area contributed by atoms with Gasteiger partial charge < -0.3 is 15.4 Å². The molecule has 1 aromatic carbocycles. The summed E-state index contributed by atoms with van der Waals surface area (Å²) in [4.78, 5) is 21.1. The van der Waals surface area contributed by atoms with E-state index in [0.29, 0.717) is 23.5 Å². The topological polar surface area (TPSA) is 99.9 Å². The van der Waals surface area contributed by atoms with Gasteiger partial charge >= 0.3 is 6.09 Å². The van der Waals surface area contributed by atoms with Crippen LogP contribution in [-0.2, 0) is 10.3 Å². The number of aromatic nitrogens is 2. The van der Waals surface area contributed by atoms with Gasteiger partial charge in [-0.3, -0.25) is 0 Å². The van der Waals surface area contributed by atoms with Gasteiger partial charge in [0, 0.05) is 18.1 Å². The van der Waals surface area contributed by atoms with Crippen molar-refractivity contribution in [1.29, 1.82) is 5.26 Å². The number of alkyl carbamates (subject to hydrolysis) is 1. The molecule has 1 saturated heterocycles. The van der Waals surface area contributed by atoms with Crippen molar-refractivity contribution in [2.24, 2.45) is 5.92 Å². The smallest absolute Gasteiger partial charge is 0.408 e. The lowest BCUT2D eigenvalue weighted by Gasteiger charge is -2.42. The Morgan fingerprint density at radius 2 is 2.22 bits per heavy atom. The first kappa shape index (κ1) is 19.1. The van der Waals surface area contributed by atoms with E-state index in [9.17, 15) is 10.1 Å². The van der Waals surface area contributed by atoms with Crippen LogP contribution in [0.5, 0.6) is 0 Å². The molecule has 1 aromatic heterocycles. The molecule has 2 N–H and O–H groups in total. The fraction of sp³-hybridized carbons (Fsp3) is 0.500. The van der Waals surface area contributed by atoms with E-state index < -0.39 is 17.2 Å². The first-order valence-corrected chi connectivity index (χ1v) is 9.09. The zero-order chi connectivity index (χ0) is 19.7. The van der Waals surface area contributed by atoms with Gasteiger partial charge in [-0.15, -0.1) is 0 Å². The molecule has 1 aliphatic rings. The molecular weight excluding hydrogens is 342 g/mol. The minimum absolute atomic E-state index is 0.351. The van der Waals surface area contributed by atoms with Crippen LogP contribution in [0.3, 0.4) is 0 Å². The number of carbonyl (C=O) groups is 1. The maximum atomic E-state index is 12.6. The van der Waals surface area contributed by atoms with Gasteiger partial charge in [-0.2, -0.15) is 5.26 Å². The summed E-state index contributed by atoms with van der Waals surface area (Å²) in [5.41, 5.74) is 0.710. The quantitative estimate of drug-likeness (QED) is 0.847. The highest BCUT2D eigenvalue weighted by Crippen LogP contribution is 2.36. The number of nitrogens with zero attached hydrogens (tertiary/aromatic N) is 3. The van der Waals surface area contributed by atoms with E-state index in [4.69, 9.17) is 4.74 Å². The fourth-order valence-corrected chi connectivity index (χ4v) is 3.72. The van der Waals surface area contributed by atoms with Crippen molar-refractivity contribution in [3.8, 4) is 6.07 Å². The lowest BCUT2D eigenvalue weighted by Crippen LogP contribution is -2.58. The van der Waals surface area contributed by atoms with Crippen LogP contribution < -0.4 is 10.6 Å². The number of benzene rings is 1. The molecule has 3 rings (SSSR count). The Hall–Kier alpha value is -2.72. The number of nitriles is 1. The number of amides is 1. The molecule has 0 spiro atoms. The molecule has 2 aromatic rings. The second-order valence-corrected chi connectivity index (χ2v) is 8.21. The van der Waals surface area contributed by atoms with Gasteiger partial charge in [-0.05, 0) is 51.3 Å². The molecule has 1 fully saturated rings. The summed E-state index contributed by atoms with van der Waals surface area (Å²) in [6, 6.07) is 5.82. The highest BCUT2D eigenvalue weighted by molar-refractivity contribution is 5.88. The van der Waals surface area contributed by atoms with Gasteiger partial charge in [0.25, 0.3) is 0 Å². The SMILES string of the molecule is C[C@@H]1CNC[C@](NC(=O)OC(C)(C)C)(c2ccc(C#N)c3ncncc23)C1. The maximum Gasteiger partial charge on any atom is 0.408 e. The van der Waals surface area contributed by atoms with Gasteiger partial charge in [-0.1, -0.05) is 13.0 Å². The standard InChI is InChI=1S/C20H25N5O2/c1-13-7-20(11-22-9-13,25-18(26)27-19(2,3)4)16-6-5-14(8-21)17-15(16)10-23-12-24-17/h5-6,10,12-13,22H,7,9,11H2,1-4H3,(H,25,26)/t13-,20-/m0/s1. The molecule has 27 heavy (non-hydrogen) atoms. The highest BCUT2D eigenvalue weighted by atomic mass is 16.6. The Morgan fingerprint density at radius 1 is 1.44 bits per heavy atom. The lowest BCUT2D eigenvalue weighted by molar-refractivity contribution is 0.0416. The van der Waals surface area contributed by atoms with E-state index in [-0.39, 0.29) is 0 Å². The van der Waals surface area contributed by atoms with Crippen LogP contribution >= 0.6 is 0 Å². The van der Waals surface area contributed by atoms with E-state index in [2.05, 4.69) is 33.6 Å². The van der Waals surface area contributed by atoms with Crippen molar-refractivity contribution in [2.45, 2.75) is 45.3 Å². The van der Waals surface area contributed by atoms with E-state index in [0.717, 1.165) is 23.9 Å².